The molecule has 21 heavy (non-hydrogen) atoms. The molecule has 1 aliphatic heterocycles. The van der Waals surface area contributed by atoms with E-state index in [1.165, 1.54) is 11.8 Å². The van der Waals surface area contributed by atoms with Crippen LogP contribution in [-0.2, 0) is 4.79 Å². The summed E-state index contributed by atoms with van der Waals surface area (Å²) in [6.07, 6.45) is 3.52. The van der Waals surface area contributed by atoms with Gasteiger partial charge in [0, 0.05) is 26.2 Å². The van der Waals surface area contributed by atoms with Gasteiger partial charge in [-0.25, -0.2) is 0 Å². The van der Waals surface area contributed by atoms with E-state index in [-0.39, 0.29) is 17.7 Å². The highest BCUT2D eigenvalue weighted by atomic mass is 32.2. The third kappa shape index (κ3) is 4.01. The molecule has 2 rings (SSSR count). The third-order valence-electron chi connectivity index (χ3n) is 3.52. The first-order valence-corrected chi connectivity index (χ1v) is 8.29. The quantitative estimate of drug-likeness (QED) is 0.790. The fourth-order valence-corrected chi connectivity index (χ4v) is 2.79. The molecule has 1 atom stereocenters. The number of rotatable bonds is 5. The summed E-state index contributed by atoms with van der Waals surface area (Å²) in [5, 5.41) is 3.50. The summed E-state index contributed by atoms with van der Waals surface area (Å²) >= 11 is 1.45. The van der Waals surface area contributed by atoms with Crippen LogP contribution in [0.15, 0.2) is 21.6 Å². The fraction of sp³-hybridized carbons (Fsp3) is 0.571. The number of hydrogen-bond donors (Lipinski definition) is 2. The number of nitrogens with one attached hydrogen (secondary N) is 1. The second kappa shape index (κ2) is 7.51. The number of hydrogen-bond acceptors (Lipinski definition) is 5. The monoisotopic (exact) mass is 311 g/mol. The first kappa shape index (κ1) is 15.9. The lowest BCUT2D eigenvalue weighted by Crippen LogP contribution is -2.46. The van der Waals surface area contributed by atoms with Gasteiger partial charge in [-0.05, 0) is 31.2 Å². The highest BCUT2D eigenvalue weighted by molar-refractivity contribution is 7.98. The van der Waals surface area contributed by atoms with Crippen molar-refractivity contribution in [2.45, 2.75) is 17.9 Å². The minimum Gasteiger partial charge on any atom is -0.445 e. The van der Waals surface area contributed by atoms with E-state index in [1.54, 1.807) is 17.0 Å². The van der Waals surface area contributed by atoms with Gasteiger partial charge in [0.1, 0.15) is 0 Å². The standard InChI is InChI=1S/C14H21N3O3S/c1-21-12-5-4-11(20-12)14(19)17-8-2-3-10(9-17)13(18)16-7-6-15/h4-5,10H,2-3,6-9,15H2,1H3,(H,16,18). The molecular weight excluding hydrogens is 290 g/mol. The van der Waals surface area contributed by atoms with E-state index in [4.69, 9.17) is 10.2 Å². The molecule has 3 N–H and O–H groups in total. The molecule has 0 aliphatic carbocycles. The Labute approximate surface area is 128 Å². The number of amides is 2. The van der Waals surface area contributed by atoms with Gasteiger partial charge in [-0.3, -0.25) is 9.59 Å². The molecule has 0 spiro atoms. The van der Waals surface area contributed by atoms with Crippen molar-refractivity contribution in [1.82, 2.24) is 10.2 Å². The first-order chi connectivity index (χ1) is 10.2. The average Bonchev–Trinajstić information content (AvgIpc) is 3.01. The van der Waals surface area contributed by atoms with Gasteiger partial charge in [-0.1, -0.05) is 11.8 Å². The highest BCUT2D eigenvalue weighted by Gasteiger charge is 2.29. The molecule has 0 aromatic carbocycles. The number of likely N-dealkylation sites (tertiary alicyclic amines) is 1. The van der Waals surface area contributed by atoms with Crippen LogP contribution in [0.1, 0.15) is 23.4 Å². The predicted molar refractivity (Wildman–Crippen MR) is 81.2 cm³/mol. The summed E-state index contributed by atoms with van der Waals surface area (Å²) in [6, 6.07) is 3.47. The Kier molecular flexibility index (Phi) is 5.69. The van der Waals surface area contributed by atoms with Crippen LogP contribution in [0.3, 0.4) is 0 Å². The number of thioether (sulfide) groups is 1. The van der Waals surface area contributed by atoms with Gasteiger partial charge in [-0.2, -0.15) is 0 Å². The predicted octanol–water partition coefficient (Wildman–Crippen LogP) is 0.929. The molecule has 0 saturated carbocycles. The van der Waals surface area contributed by atoms with Crippen LogP contribution < -0.4 is 11.1 Å². The minimum absolute atomic E-state index is 0.0257. The van der Waals surface area contributed by atoms with Crippen LogP contribution in [0.5, 0.6) is 0 Å². The van der Waals surface area contributed by atoms with E-state index in [2.05, 4.69) is 5.32 Å². The number of carbonyl (C=O) groups is 2. The second-order valence-corrected chi connectivity index (χ2v) is 5.80. The molecule has 116 valence electrons. The van der Waals surface area contributed by atoms with Crippen LogP contribution in [0, 0.1) is 5.92 Å². The zero-order chi connectivity index (χ0) is 15.2. The molecule has 2 amide bonds. The van der Waals surface area contributed by atoms with Gasteiger partial charge in [-0.15, -0.1) is 0 Å². The molecule has 0 bridgehead atoms. The topological polar surface area (TPSA) is 88.6 Å². The smallest absolute Gasteiger partial charge is 0.289 e. The second-order valence-electron chi connectivity index (χ2n) is 4.99. The van der Waals surface area contributed by atoms with Crippen molar-refractivity contribution in [3.8, 4) is 0 Å². The normalized spacial score (nSPS) is 18.6. The van der Waals surface area contributed by atoms with E-state index in [1.807, 2.05) is 6.26 Å². The number of nitrogens with zero attached hydrogens (tertiary/aromatic N) is 1. The van der Waals surface area contributed by atoms with Crippen LogP contribution in [0.4, 0.5) is 0 Å². The van der Waals surface area contributed by atoms with E-state index >= 15 is 0 Å². The molecule has 1 aromatic heterocycles. The van der Waals surface area contributed by atoms with Gasteiger partial charge in [0.25, 0.3) is 5.91 Å². The summed E-state index contributed by atoms with van der Waals surface area (Å²) in [5.41, 5.74) is 5.38. The number of piperidine rings is 1. The maximum atomic E-state index is 12.4. The fourth-order valence-electron chi connectivity index (χ4n) is 2.42. The Morgan fingerprint density at radius 3 is 3.00 bits per heavy atom. The van der Waals surface area contributed by atoms with Crippen molar-refractivity contribution >= 4 is 23.6 Å². The molecule has 2 heterocycles. The number of carbonyl (C=O) groups excluding carboxylic acids is 2. The molecule has 0 radical (unpaired) electrons. The van der Waals surface area contributed by atoms with Crippen molar-refractivity contribution in [3.63, 3.8) is 0 Å². The Morgan fingerprint density at radius 2 is 2.33 bits per heavy atom. The maximum absolute atomic E-state index is 12.4. The Morgan fingerprint density at radius 1 is 1.52 bits per heavy atom. The van der Waals surface area contributed by atoms with Gasteiger partial charge >= 0.3 is 0 Å². The van der Waals surface area contributed by atoms with Gasteiger partial charge in [0.15, 0.2) is 10.9 Å². The lowest BCUT2D eigenvalue weighted by molar-refractivity contribution is -0.126. The Hall–Kier alpha value is -1.47. The Balaban J connectivity index is 1.96. The Bertz CT molecular complexity index is 503. The molecule has 6 nitrogen and oxygen atoms in total. The van der Waals surface area contributed by atoms with E-state index in [9.17, 15) is 9.59 Å². The van der Waals surface area contributed by atoms with Crippen molar-refractivity contribution in [2.24, 2.45) is 11.7 Å². The largest absolute Gasteiger partial charge is 0.445 e. The number of nitrogens with two attached hydrogens (primary N) is 1. The molecular formula is C14H21N3O3S. The van der Waals surface area contributed by atoms with E-state index in [0.717, 1.165) is 12.8 Å². The summed E-state index contributed by atoms with van der Waals surface area (Å²) in [7, 11) is 0. The van der Waals surface area contributed by atoms with E-state index in [0.29, 0.717) is 37.0 Å². The minimum atomic E-state index is -0.163. The maximum Gasteiger partial charge on any atom is 0.289 e. The van der Waals surface area contributed by atoms with Crippen LogP contribution in [-0.4, -0.2) is 49.1 Å². The highest BCUT2D eigenvalue weighted by Crippen LogP contribution is 2.22. The summed E-state index contributed by atoms with van der Waals surface area (Å²) in [5.74, 6) is 0.000390. The number of furan rings is 1. The SMILES string of the molecule is CSc1ccc(C(=O)N2CCCC(C(=O)NCCN)C2)o1. The molecule has 1 fully saturated rings. The van der Waals surface area contributed by atoms with Crippen molar-refractivity contribution in [1.29, 1.82) is 0 Å². The van der Waals surface area contributed by atoms with Crippen LogP contribution in [0.2, 0.25) is 0 Å². The van der Waals surface area contributed by atoms with E-state index < -0.39 is 0 Å². The molecule has 1 saturated heterocycles. The lowest BCUT2D eigenvalue weighted by atomic mass is 9.97. The zero-order valence-electron chi connectivity index (χ0n) is 12.1. The zero-order valence-corrected chi connectivity index (χ0v) is 12.9. The molecule has 1 unspecified atom stereocenters. The van der Waals surface area contributed by atoms with Crippen LogP contribution >= 0.6 is 11.8 Å². The molecule has 7 heteroatoms. The summed E-state index contributed by atoms with van der Waals surface area (Å²) < 4.78 is 5.46. The van der Waals surface area contributed by atoms with Crippen molar-refractivity contribution < 1.29 is 14.0 Å². The lowest BCUT2D eigenvalue weighted by Gasteiger charge is -2.31. The molecule has 1 aliphatic rings. The van der Waals surface area contributed by atoms with Gasteiger partial charge in [0.2, 0.25) is 5.91 Å². The summed E-state index contributed by atoms with van der Waals surface area (Å²) in [4.78, 5) is 26.1. The third-order valence-corrected chi connectivity index (χ3v) is 4.14. The summed E-state index contributed by atoms with van der Waals surface area (Å²) in [6.45, 7) is 1.99. The molecule has 1 aromatic rings. The van der Waals surface area contributed by atoms with Gasteiger partial charge < -0.3 is 20.4 Å². The van der Waals surface area contributed by atoms with Crippen molar-refractivity contribution in [3.05, 3.63) is 17.9 Å². The van der Waals surface area contributed by atoms with Gasteiger partial charge in [0.05, 0.1) is 5.92 Å². The van der Waals surface area contributed by atoms with Crippen molar-refractivity contribution in [2.75, 3.05) is 32.4 Å². The van der Waals surface area contributed by atoms with Crippen LogP contribution in [0.25, 0.3) is 0 Å². The average molecular weight is 311 g/mol. The first-order valence-electron chi connectivity index (χ1n) is 7.06.